The maximum atomic E-state index is 11.8. The van der Waals surface area contributed by atoms with Crippen LogP contribution in [0.25, 0.3) is 0 Å². The molecular formula is C24H28O4. The lowest BCUT2D eigenvalue weighted by Gasteiger charge is -2.35. The predicted octanol–water partition coefficient (Wildman–Crippen LogP) is 5.52. The molecule has 2 aromatic carbocycles. The van der Waals surface area contributed by atoms with E-state index in [4.69, 9.17) is 9.47 Å². The summed E-state index contributed by atoms with van der Waals surface area (Å²) in [5.74, 6) is 0.513. The SMILES string of the molecule is CCCCC1(CCc2ccc(OCc3ccccc3)cc2)CC(O)=CC(=O)O1. The van der Waals surface area contributed by atoms with Crippen LogP contribution in [-0.2, 0) is 22.6 Å². The van der Waals surface area contributed by atoms with Gasteiger partial charge < -0.3 is 14.6 Å². The molecule has 1 atom stereocenters. The van der Waals surface area contributed by atoms with Gasteiger partial charge in [-0.15, -0.1) is 0 Å². The van der Waals surface area contributed by atoms with Gasteiger partial charge in [0.1, 0.15) is 23.7 Å². The molecule has 2 aromatic rings. The number of cyclic esters (lactones) is 1. The minimum Gasteiger partial charge on any atom is -0.512 e. The van der Waals surface area contributed by atoms with Gasteiger partial charge in [0.15, 0.2) is 0 Å². The molecule has 0 bridgehead atoms. The fraction of sp³-hybridized carbons (Fsp3) is 0.375. The number of unbranched alkanes of at least 4 members (excludes halogenated alkanes) is 1. The molecule has 0 aliphatic carbocycles. The van der Waals surface area contributed by atoms with Crippen molar-refractivity contribution in [1.29, 1.82) is 0 Å². The Kier molecular flexibility index (Phi) is 6.75. The monoisotopic (exact) mass is 380 g/mol. The second-order valence-corrected chi connectivity index (χ2v) is 7.44. The van der Waals surface area contributed by atoms with Gasteiger partial charge in [0, 0.05) is 6.42 Å². The predicted molar refractivity (Wildman–Crippen MR) is 109 cm³/mol. The lowest BCUT2D eigenvalue weighted by atomic mass is 9.84. The molecule has 4 heteroatoms. The Morgan fingerprint density at radius 2 is 1.79 bits per heavy atom. The van der Waals surface area contributed by atoms with Crippen molar-refractivity contribution >= 4 is 5.97 Å². The molecule has 1 heterocycles. The molecule has 0 spiro atoms. The van der Waals surface area contributed by atoms with Crippen LogP contribution in [0, 0.1) is 0 Å². The molecule has 1 unspecified atom stereocenters. The average Bonchev–Trinajstić information content (AvgIpc) is 2.70. The van der Waals surface area contributed by atoms with E-state index >= 15 is 0 Å². The highest BCUT2D eigenvalue weighted by Gasteiger charge is 2.37. The summed E-state index contributed by atoms with van der Waals surface area (Å²) in [6.07, 6.45) is 5.82. The Morgan fingerprint density at radius 3 is 2.46 bits per heavy atom. The lowest BCUT2D eigenvalue weighted by Crippen LogP contribution is -2.38. The van der Waals surface area contributed by atoms with Crippen molar-refractivity contribution in [3.8, 4) is 5.75 Å². The first kappa shape index (κ1) is 20.0. The number of carbonyl (C=O) groups is 1. The topological polar surface area (TPSA) is 55.8 Å². The molecule has 0 fully saturated rings. The molecule has 0 saturated heterocycles. The number of hydrogen-bond donors (Lipinski definition) is 1. The first-order valence-corrected chi connectivity index (χ1v) is 9.97. The van der Waals surface area contributed by atoms with Gasteiger partial charge in [-0.1, -0.05) is 55.8 Å². The van der Waals surface area contributed by atoms with E-state index in [1.807, 2.05) is 54.6 Å². The summed E-state index contributed by atoms with van der Waals surface area (Å²) in [5.41, 5.74) is 1.69. The van der Waals surface area contributed by atoms with Crippen LogP contribution in [0.2, 0.25) is 0 Å². The molecule has 3 rings (SSSR count). The van der Waals surface area contributed by atoms with Gasteiger partial charge in [-0.25, -0.2) is 4.79 Å². The standard InChI is InChI=1S/C24H28O4/c1-2-3-14-24(17-21(25)16-23(26)28-24)15-13-19-9-11-22(12-10-19)27-18-20-7-5-4-6-8-20/h4-12,16,25H,2-3,13-15,17-18H2,1H3. The molecule has 0 radical (unpaired) electrons. The van der Waals surface area contributed by atoms with E-state index in [0.29, 0.717) is 19.4 Å². The molecule has 1 aliphatic rings. The van der Waals surface area contributed by atoms with E-state index in [9.17, 15) is 9.90 Å². The fourth-order valence-electron chi connectivity index (χ4n) is 3.56. The Hall–Kier alpha value is -2.75. The maximum absolute atomic E-state index is 11.8. The van der Waals surface area contributed by atoms with E-state index in [1.165, 1.54) is 6.08 Å². The number of aryl methyl sites for hydroxylation is 1. The van der Waals surface area contributed by atoms with E-state index in [2.05, 4.69) is 6.92 Å². The number of aliphatic hydroxyl groups excluding tert-OH is 1. The molecule has 0 aromatic heterocycles. The largest absolute Gasteiger partial charge is 0.512 e. The van der Waals surface area contributed by atoms with E-state index in [-0.39, 0.29) is 5.76 Å². The fourth-order valence-corrected chi connectivity index (χ4v) is 3.56. The number of hydrogen-bond acceptors (Lipinski definition) is 4. The Morgan fingerprint density at radius 1 is 1.04 bits per heavy atom. The number of ether oxygens (including phenoxy) is 2. The second-order valence-electron chi connectivity index (χ2n) is 7.44. The van der Waals surface area contributed by atoms with E-state index in [0.717, 1.165) is 42.6 Å². The maximum Gasteiger partial charge on any atom is 0.334 e. The van der Waals surface area contributed by atoms with Crippen molar-refractivity contribution < 1.29 is 19.4 Å². The van der Waals surface area contributed by atoms with E-state index in [1.54, 1.807) is 0 Å². The minimum atomic E-state index is -0.603. The van der Waals surface area contributed by atoms with Gasteiger partial charge in [-0.3, -0.25) is 0 Å². The Bertz CT molecular complexity index is 795. The summed E-state index contributed by atoms with van der Waals surface area (Å²) >= 11 is 0. The summed E-state index contributed by atoms with van der Waals surface area (Å²) in [4.78, 5) is 11.8. The third kappa shape index (κ3) is 5.62. The van der Waals surface area contributed by atoms with Crippen molar-refractivity contribution in [2.75, 3.05) is 0 Å². The number of carbonyl (C=O) groups excluding carboxylic acids is 1. The highest BCUT2D eigenvalue weighted by atomic mass is 16.6. The number of rotatable bonds is 9. The van der Waals surface area contributed by atoms with Gasteiger partial charge in [-0.2, -0.15) is 0 Å². The normalized spacial score (nSPS) is 19.0. The first-order valence-electron chi connectivity index (χ1n) is 9.97. The summed E-state index contributed by atoms with van der Waals surface area (Å²) < 4.78 is 11.5. The number of aliphatic hydroxyl groups is 1. The zero-order valence-electron chi connectivity index (χ0n) is 16.4. The van der Waals surface area contributed by atoms with Gasteiger partial charge in [-0.05, 0) is 48.9 Å². The van der Waals surface area contributed by atoms with Crippen molar-refractivity contribution in [2.45, 2.75) is 57.7 Å². The molecule has 1 N–H and O–H groups in total. The Balaban J connectivity index is 1.58. The third-order valence-electron chi connectivity index (χ3n) is 5.13. The molecule has 4 nitrogen and oxygen atoms in total. The van der Waals surface area contributed by atoms with E-state index < -0.39 is 11.6 Å². The van der Waals surface area contributed by atoms with Crippen LogP contribution in [0.15, 0.2) is 66.4 Å². The third-order valence-corrected chi connectivity index (χ3v) is 5.13. The van der Waals surface area contributed by atoms with Crippen molar-refractivity contribution in [1.82, 2.24) is 0 Å². The Labute approximate surface area is 166 Å². The van der Waals surface area contributed by atoms with Crippen molar-refractivity contribution in [3.05, 3.63) is 77.6 Å². The van der Waals surface area contributed by atoms with Crippen LogP contribution >= 0.6 is 0 Å². The molecular weight excluding hydrogens is 352 g/mol. The summed E-state index contributed by atoms with van der Waals surface area (Å²) in [7, 11) is 0. The summed E-state index contributed by atoms with van der Waals surface area (Å²) in [6, 6.07) is 18.1. The molecule has 148 valence electrons. The highest BCUT2D eigenvalue weighted by molar-refractivity contribution is 5.83. The smallest absolute Gasteiger partial charge is 0.334 e. The summed E-state index contributed by atoms with van der Waals surface area (Å²) in [6.45, 7) is 2.66. The number of benzene rings is 2. The lowest BCUT2D eigenvalue weighted by molar-refractivity contribution is -0.159. The van der Waals surface area contributed by atoms with Gasteiger partial charge in [0.05, 0.1) is 6.08 Å². The van der Waals surface area contributed by atoms with Crippen molar-refractivity contribution in [3.63, 3.8) is 0 Å². The zero-order valence-corrected chi connectivity index (χ0v) is 16.4. The first-order chi connectivity index (χ1) is 13.6. The van der Waals surface area contributed by atoms with Crippen LogP contribution in [0.3, 0.4) is 0 Å². The number of esters is 1. The molecule has 0 saturated carbocycles. The quantitative estimate of drug-likeness (QED) is 0.582. The van der Waals surface area contributed by atoms with Gasteiger partial charge in [0.2, 0.25) is 0 Å². The van der Waals surface area contributed by atoms with Crippen LogP contribution in [0.4, 0.5) is 0 Å². The minimum absolute atomic E-state index is 0.122. The van der Waals surface area contributed by atoms with Crippen molar-refractivity contribution in [2.24, 2.45) is 0 Å². The van der Waals surface area contributed by atoms with Gasteiger partial charge in [0.25, 0.3) is 0 Å². The second kappa shape index (κ2) is 9.45. The highest BCUT2D eigenvalue weighted by Crippen LogP contribution is 2.34. The van der Waals surface area contributed by atoms with Crippen LogP contribution < -0.4 is 4.74 Å². The molecule has 28 heavy (non-hydrogen) atoms. The average molecular weight is 380 g/mol. The summed E-state index contributed by atoms with van der Waals surface area (Å²) in [5, 5.41) is 9.94. The van der Waals surface area contributed by atoms with Gasteiger partial charge >= 0.3 is 5.97 Å². The zero-order chi connectivity index (χ0) is 19.8. The molecule has 0 amide bonds. The van der Waals surface area contributed by atoms with Crippen LogP contribution in [0.1, 0.15) is 50.2 Å². The van der Waals surface area contributed by atoms with Crippen LogP contribution in [0.5, 0.6) is 5.75 Å². The molecule has 1 aliphatic heterocycles. The van der Waals surface area contributed by atoms with Crippen LogP contribution in [-0.4, -0.2) is 16.7 Å².